The predicted octanol–water partition coefficient (Wildman–Crippen LogP) is 2.50. The van der Waals surface area contributed by atoms with Crippen LogP contribution < -0.4 is 15.6 Å². The molecule has 26 heavy (non-hydrogen) atoms. The van der Waals surface area contributed by atoms with Crippen LogP contribution in [0.3, 0.4) is 0 Å². The maximum Gasteiger partial charge on any atom is 0.269 e. The molecule has 1 atom stereocenters. The highest BCUT2D eigenvalue weighted by atomic mass is 35.5. The number of hydrazine groups is 1. The maximum absolute atomic E-state index is 12.2. The van der Waals surface area contributed by atoms with Crippen LogP contribution in [-0.4, -0.2) is 43.0 Å². The van der Waals surface area contributed by atoms with Crippen molar-refractivity contribution in [2.24, 2.45) is 0 Å². The van der Waals surface area contributed by atoms with Gasteiger partial charge in [-0.15, -0.1) is 0 Å². The normalized spacial score (nSPS) is 11.7. The Kier molecular flexibility index (Phi) is 7.44. The van der Waals surface area contributed by atoms with Crippen molar-refractivity contribution in [3.63, 3.8) is 0 Å². The van der Waals surface area contributed by atoms with Crippen LogP contribution in [0.15, 0.2) is 54.6 Å². The average molecular weight is 376 g/mol. The van der Waals surface area contributed by atoms with Gasteiger partial charge in [0.1, 0.15) is 12.4 Å². The van der Waals surface area contributed by atoms with Gasteiger partial charge in [-0.05, 0) is 50.4 Å². The number of nitrogens with zero attached hydrogens (tertiary/aromatic N) is 1. The molecule has 2 aromatic rings. The first kappa shape index (κ1) is 19.8. The maximum atomic E-state index is 12.2. The number of hydrogen-bond acceptors (Lipinski definition) is 4. The second kappa shape index (κ2) is 9.79. The summed E-state index contributed by atoms with van der Waals surface area (Å²) in [7, 11) is 1.81. The number of likely N-dealkylation sites (N-methyl/N-ethyl adjacent to an activating group) is 1. The van der Waals surface area contributed by atoms with E-state index < -0.39 is 6.04 Å². The topological polar surface area (TPSA) is 70.7 Å². The van der Waals surface area contributed by atoms with E-state index in [2.05, 4.69) is 10.9 Å². The van der Waals surface area contributed by atoms with E-state index in [9.17, 15) is 9.59 Å². The van der Waals surface area contributed by atoms with Gasteiger partial charge in [-0.25, -0.2) is 0 Å². The van der Waals surface area contributed by atoms with Gasteiger partial charge >= 0.3 is 0 Å². The number of ether oxygens (including phenoxy) is 1. The molecule has 0 aliphatic heterocycles. The molecule has 0 spiro atoms. The van der Waals surface area contributed by atoms with Crippen LogP contribution in [0.25, 0.3) is 0 Å². The molecule has 0 saturated heterocycles. The number of carbonyl (C=O) groups excluding carboxylic acids is 2. The molecule has 0 aliphatic rings. The summed E-state index contributed by atoms with van der Waals surface area (Å²) in [6, 6.07) is 15.3. The van der Waals surface area contributed by atoms with E-state index in [1.807, 2.05) is 18.0 Å². The molecule has 2 rings (SSSR count). The van der Waals surface area contributed by atoms with E-state index in [4.69, 9.17) is 16.3 Å². The fourth-order valence-electron chi connectivity index (χ4n) is 2.12. The van der Waals surface area contributed by atoms with Crippen LogP contribution in [0, 0.1) is 0 Å². The van der Waals surface area contributed by atoms with Crippen LogP contribution in [0.2, 0.25) is 5.02 Å². The van der Waals surface area contributed by atoms with Crippen LogP contribution >= 0.6 is 11.6 Å². The Balaban J connectivity index is 1.72. The third-order valence-electron chi connectivity index (χ3n) is 3.90. The monoisotopic (exact) mass is 375 g/mol. The zero-order valence-corrected chi connectivity index (χ0v) is 15.5. The molecular weight excluding hydrogens is 354 g/mol. The Morgan fingerprint density at radius 3 is 2.38 bits per heavy atom. The second-order valence-electron chi connectivity index (χ2n) is 5.77. The molecule has 2 aromatic carbocycles. The molecule has 0 aromatic heterocycles. The number of amides is 2. The Hall–Kier alpha value is -2.57. The molecule has 0 aliphatic carbocycles. The summed E-state index contributed by atoms with van der Waals surface area (Å²) in [5, 5.41) is 0.650. The number of halogens is 1. The lowest BCUT2D eigenvalue weighted by molar-refractivity contribution is -0.126. The van der Waals surface area contributed by atoms with Crippen molar-refractivity contribution < 1.29 is 14.3 Å². The van der Waals surface area contributed by atoms with E-state index in [1.54, 1.807) is 55.5 Å². The molecular formula is C19H22ClN3O3. The van der Waals surface area contributed by atoms with Crippen LogP contribution in [0.4, 0.5) is 0 Å². The Bertz CT molecular complexity index is 723. The third-order valence-corrected chi connectivity index (χ3v) is 4.15. The minimum absolute atomic E-state index is 0.303. The minimum atomic E-state index is -0.431. The molecule has 7 heteroatoms. The van der Waals surface area contributed by atoms with E-state index >= 15 is 0 Å². The Morgan fingerprint density at radius 2 is 1.73 bits per heavy atom. The van der Waals surface area contributed by atoms with Crippen molar-refractivity contribution in [2.75, 3.05) is 20.2 Å². The van der Waals surface area contributed by atoms with Crippen molar-refractivity contribution in [1.82, 2.24) is 15.8 Å². The van der Waals surface area contributed by atoms with Gasteiger partial charge in [0.05, 0.1) is 6.04 Å². The van der Waals surface area contributed by atoms with Crippen LogP contribution in [0.1, 0.15) is 17.3 Å². The van der Waals surface area contributed by atoms with Crippen LogP contribution in [-0.2, 0) is 4.79 Å². The molecule has 2 amide bonds. The zero-order chi connectivity index (χ0) is 18.9. The Labute approximate surface area is 158 Å². The molecule has 6 nitrogen and oxygen atoms in total. The van der Waals surface area contributed by atoms with E-state index in [0.29, 0.717) is 23.7 Å². The van der Waals surface area contributed by atoms with Gasteiger partial charge in [-0.3, -0.25) is 25.3 Å². The summed E-state index contributed by atoms with van der Waals surface area (Å²) in [6.45, 7) is 2.72. The van der Waals surface area contributed by atoms with Gasteiger partial charge in [0, 0.05) is 17.1 Å². The van der Waals surface area contributed by atoms with Gasteiger partial charge in [-0.2, -0.15) is 0 Å². The highest BCUT2D eigenvalue weighted by Crippen LogP contribution is 2.15. The smallest absolute Gasteiger partial charge is 0.269 e. The van der Waals surface area contributed by atoms with Crippen molar-refractivity contribution in [1.29, 1.82) is 0 Å². The van der Waals surface area contributed by atoms with Crippen molar-refractivity contribution in [3.05, 3.63) is 65.2 Å². The largest absolute Gasteiger partial charge is 0.492 e. The first-order chi connectivity index (χ1) is 12.5. The first-order valence-corrected chi connectivity index (χ1v) is 8.59. The van der Waals surface area contributed by atoms with Gasteiger partial charge < -0.3 is 4.74 Å². The van der Waals surface area contributed by atoms with Gasteiger partial charge in [-0.1, -0.05) is 29.8 Å². The summed E-state index contributed by atoms with van der Waals surface area (Å²) in [5.74, 6) is 0.0539. The van der Waals surface area contributed by atoms with E-state index in [1.165, 1.54) is 0 Å². The van der Waals surface area contributed by atoms with E-state index in [0.717, 1.165) is 5.75 Å². The molecule has 0 saturated carbocycles. The lowest BCUT2D eigenvalue weighted by atomic mass is 10.2. The van der Waals surface area contributed by atoms with Crippen molar-refractivity contribution in [3.8, 4) is 5.75 Å². The molecule has 0 heterocycles. The fraction of sp³-hybridized carbons (Fsp3) is 0.263. The molecule has 0 unspecified atom stereocenters. The van der Waals surface area contributed by atoms with Crippen LogP contribution in [0.5, 0.6) is 5.75 Å². The number of nitrogens with one attached hydrogen (secondary N) is 2. The summed E-state index contributed by atoms with van der Waals surface area (Å²) >= 11 is 5.83. The molecule has 2 N–H and O–H groups in total. The lowest BCUT2D eigenvalue weighted by Gasteiger charge is -2.23. The number of carbonyl (C=O) groups is 2. The van der Waals surface area contributed by atoms with Crippen molar-refractivity contribution >= 4 is 23.4 Å². The molecule has 138 valence electrons. The SMILES string of the molecule is C[C@H](C(=O)NNC(=O)c1ccccc1)N(C)CCOc1ccc(Cl)cc1. The summed E-state index contributed by atoms with van der Waals surface area (Å²) in [5.41, 5.74) is 5.33. The summed E-state index contributed by atoms with van der Waals surface area (Å²) in [4.78, 5) is 25.9. The van der Waals surface area contributed by atoms with Gasteiger partial charge in [0.25, 0.3) is 11.8 Å². The average Bonchev–Trinajstić information content (AvgIpc) is 2.67. The first-order valence-electron chi connectivity index (χ1n) is 8.21. The lowest BCUT2D eigenvalue weighted by Crippen LogP contribution is -2.50. The second-order valence-corrected chi connectivity index (χ2v) is 6.20. The highest BCUT2D eigenvalue weighted by molar-refractivity contribution is 6.30. The minimum Gasteiger partial charge on any atom is -0.492 e. The number of hydrogen-bond donors (Lipinski definition) is 2. The summed E-state index contributed by atoms with van der Waals surface area (Å²) in [6.07, 6.45) is 0. The third kappa shape index (κ3) is 6.06. The van der Waals surface area contributed by atoms with Gasteiger partial charge in [0.2, 0.25) is 0 Å². The highest BCUT2D eigenvalue weighted by Gasteiger charge is 2.18. The number of benzene rings is 2. The van der Waals surface area contributed by atoms with Gasteiger partial charge in [0.15, 0.2) is 0 Å². The molecule has 0 fully saturated rings. The fourth-order valence-corrected chi connectivity index (χ4v) is 2.24. The number of rotatable bonds is 7. The van der Waals surface area contributed by atoms with Crippen molar-refractivity contribution in [2.45, 2.75) is 13.0 Å². The standard InChI is InChI=1S/C19H22ClN3O3/c1-14(18(24)21-22-19(25)15-6-4-3-5-7-15)23(2)12-13-26-17-10-8-16(20)9-11-17/h3-11,14H,12-13H2,1-2H3,(H,21,24)(H,22,25)/t14-/m1/s1. The quantitative estimate of drug-likeness (QED) is 0.729. The molecule has 0 bridgehead atoms. The molecule has 0 radical (unpaired) electrons. The Morgan fingerprint density at radius 1 is 1.08 bits per heavy atom. The zero-order valence-electron chi connectivity index (χ0n) is 14.7. The predicted molar refractivity (Wildman–Crippen MR) is 101 cm³/mol. The summed E-state index contributed by atoms with van der Waals surface area (Å²) < 4.78 is 5.62. The van der Waals surface area contributed by atoms with E-state index in [-0.39, 0.29) is 11.8 Å².